The molecule has 4 aromatic heterocycles. The topological polar surface area (TPSA) is 64.5 Å². The van der Waals surface area contributed by atoms with Crippen molar-refractivity contribution in [2.75, 3.05) is 0 Å². The number of rotatable bonds is 4. The van der Waals surface area contributed by atoms with Gasteiger partial charge in [0.2, 0.25) is 0 Å². The van der Waals surface area contributed by atoms with Crippen LogP contribution in [0.1, 0.15) is 0 Å². The van der Waals surface area contributed by atoms with Crippen molar-refractivity contribution in [2.45, 2.75) is 0 Å². The molecule has 0 saturated carbocycles. The Labute approximate surface area is 287 Å². The van der Waals surface area contributed by atoms with E-state index < -0.39 is 0 Å². The molecule has 0 amide bonds. The molecule has 50 heavy (non-hydrogen) atoms. The van der Waals surface area contributed by atoms with Gasteiger partial charge in [-0.15, -0.1) is 0 Å². The number of benzene rings is 6. The second-order valence-corrected chi connectivity index (χ2v) is 12.5. The highest BCUT2D eigenvalue weighted by Gasteiger charge is 2.17. The van der Waals surface area contributed by atoms with Gasteiger partial charge in [0.1, 0.15) is 0 Å². The van der Waals surface area contributed by atoms with Crippen LogP contribution in [0.4, 0.5) is 0 Å². The van der Waals surface area contributed by atoms with Gasteiger partial charge in [0.25, 0.3) is 0 Å². The Morgan fingerprint density at radius 3 is 1.82 bits per heavy atom. The van der Waals surface area contributed by atoms with Crippen molar-refractivity contribution >= 4 is 54.4 Å². The van der Waals surface area contributed by atoms with Crippen LogP contribution in [0.15, 0.2) is 164 Å². The van der Waals surface area contributed by atoms with Crippen LogP contribution in [0.2, 0.25) is 0 Å². The highest BCUT2D eigenvalue weighted by molar-refractivity contribution is 6.06. The van der Waals surface area contributed by atoms with Crippen LogP contribution < -0.4 is 0 Å². The fraction of sp³-hybridized carbons (Fsp3) is 0. The lowest BCUT2D eigenvalue weighted by Gasteiger charge is -2.14. The molecule has 0 N–H and O–H groups in total. The maximum absolute atomic E-state index is 5.32. The van der Waals surface area contributed by atoms with Gasteiger partial charge in [0.05, 0.1) is 39.1 Å². The van der Waals surface area contributed by atoms with Gasteiger partial charge < -0.3 is 0 Å². The number of aromatic nitrogens is 5. The molecule has 6 aromatic carbocycles. The van der Waals surface area contributed by atoms with Gasteiger partial charge in [-0.3, -0.25) is 4.98 Å². The predicted octanol–water partition coefficient (Wildman–Crippen LogP) is 11.1. The van der Waals surface area contributed by atoms with Crippen molar-refractivity contribution in [1.82, 2.24) is 24.9 Å². The normalized spacial score (nSPS) is 11.6. The lowest BCUT2D eigenvalue weighted by Crippen LogP contribution is -1.97. The van der Waals surface area contributed by atoms with E-state index in [0.29, 0.717) is 5.82 Å². The van der Waals surface area contributed by atoms with Crippen molar-refractivity contribution in [3.8, 4) is 45.2 Å². The van der Waals surface area contributed by atoms with Crippen LogP contribution in [-0.4, -0.2) is 24.9 Å². The van der Waals surface area contributed by atoms with Crippen molar-refractivity contribution < 1.29 is 0 Å². The van der Waals surface area contributed by atoms with E-state index in [1.807, 2.05) is 42.6 Å². The summed E-state index contributed by atoms with van der Waals surface area (Å²) in [6.07, 6.45) is 1.84. The van der Waals surface area contributed by atoms with Gasteiger partial charge in [-0.25, -0.2) is 19.9 Å². The molecule has 0 aliphatic rings. The Kier molecular flexibility index (Phi) is 6.42. The number of fused-ring (bicyclic) bond motifs is 6. The molecule has 5 nitrogen and oxygen atoms in total. The first kappa shape index (κ1) is 28.2. The predicted molar refractivity (Wildman–Crippen MR) is 205 cm³/mol. The minimum Gasteiger partial charge on any atom is -0.256 e. The van der Waals surface area contributed by atoms with Crippen LogP contribution in [0, 0.1) is 0 Å². The van der Waals surface area contributed by atoms with E-state index in [1.165, 1.54) is 0 Å². The molecule has 0 bridgehead atoms. The van der Waals surface area contributed by atoms with Crippen molar-refractivity contribution in [1.29, 1.82) is 0 Å². The quantitative estimate of drug-likeness (QED) is 0.180. The minimum absolute atomic E-state index is 0.657. The highest BCUT2D eigenvalue weighted by Crippen LogP contribution is 2.37. The molecule has 0 radical (unpaired) electrons. The largest absolute Gasteiger partial charge is 0.256 e. The second kappa shape index (κ2) is 11.4. The Morgan fingerprint density at radius 2 is 1.00 bits per heavy atom. The molecule has 5 heteroatoms. The molecule has 4 heterocycles. The van der Waals surface area contributed by atoms with Gasteiger partial charge in [-0.2, -0.15) is 0 Å². The fourth-order valence-corrected chi connectivity index (χ4v) is 7.04. The second-order valence-electron chi connectivity index (χ2n) is 12.5. The standard InChI is InChI=1S/C45H27N5/c1-2-10-28(11-3-1)38-23-21-30-19-20-31-22-24-39(48-43(31)42(30)47-38)33-26-32-12-4-5-15-34(32)37(27-33)45-49-40-18-7-6-16-35(40)44(50-45)36-17-8-13-29-14-9-25-46-41(29)36/h1-27H. The van der Waals surface area contributed by atoms with Gasteiger partial charge >= 0.3 is 0 Å². The Hall–Kier alpha value is -6.85. The van der Waals surface area contributed by atoms with Crippen molar-refractivity contribution in [3.05, 3.63) is 164 Å². The van der Waals surface area contributed by atoms with Crippen LogP contribution in [0.5, 0.6) is 0 Å². The lowest BCUT2D eigenvalue weighted by molar-refractivity contribution is 1.23. The molecule has 10 aromatic rings. The summed E-state index contributed by atoms with van der Waals surface area (Å²) in [6.45, 7) is 0. The highest BCUT2D eigenvalue weighted by atomic mass is 14.9. The molecule has 0 unspecified atom stereocenters. The van der Waals surface area contributed by atoms with E-state index in [9.17, 15) is 0 Å². The molecule has 0 saturated heterocycles. The molecule has 0 aliphatic heterocycles. The summed E-state index contributed by atoms with van der Waals surface area (Å²) >= 11 is 0. The number of para-hydroxylation sites is 2. The third-order valence-electron chi connectivity index (χ3n) is 9.48. The van der Waals surface area contributed by atoms with Gasteiger partial charge in [-0.05, 0) is 47.2 Å². The molecular formula is C45H27N5. The Bertz CT molecular complexity index is 2930. The van der Waals surface area contributed by atoms with E-state index >= 15 is 0 Å². The molecule has 232 valence electrons. The Balaban J connectivity index is 1.20. The summed E-state index contributed by atoms with van der Waals surface area (Å²) in [5, 5.41) is 6.33. The SMILES string of the molecule is c1ccc(-c2ccc3ccc4ccc(-c5cc(-c6nc(-c7cccc8cccnc78)c7ccccc7n6)c6ccccc6c5)nc4c3n2)cc1. The smallest absolute Gasteiger partial charge is 0.161 e. The Morgan fingerprint density at radius 1 is 0.360 bits per heavy atom. The average molecular weight is 638 g/mol. The van der Waals surface area contributed by atoms with Crippen LogP contribution >= 0.6 is 0 Å². The lowest BCUT2D eigenvalue weighted by atomic mass is 9.97. The molecule has 0 atom stereocenters. The summed E-state index contributed by atoms with van der Waals surface area (Å²) in [6, 6.07) is 54.3. The third kappa shape index (κ3) is 4.67. The maximum atomic E-state index is 5.32. The fourth-order valence-electron chi connectivity index (χ4n) is 7.04. The van der Waals surface area contributed by atoms with Crippen LogP contribution in [0.3, 0.4) is 0 Å². The number of nitrogens with zero attached hydrogens (tertiary/aromatic N) is 5. The van der Waals surface area contributed by atoms with Crippen molar-refractivity contribution in [3.63, 3.8) is 0 Å². The zero-order valence-electron chi connectivity index (χ0n) is 26.8. The van der Waals surface area contributed by atoms with E-state index in [2.05, 4.69) is 121 Å². The number of hydrogen-bond acceptors (Lipinski definition) is 5. The summed E-state index contributed by atoms with van der Waals surface area (Å²) < 4.78 is 0. The van der Waals surface area contributed by atoms with Gasteiger partial charge in [0.15, 0.2) is 5.82 Å². The van der Waals surface area contributed by atoms with E-state index in [4.69, 9.17) is 24.9 Å². The first-order chi connectivity index (χ1) is 24.8. The molecule has 0 aliphatic carbocycles. The molecule has 10 rings (SSSR count). The maximum Gasteiger partial charge on any atom is 0.161 e. The zero-order chi connectivity index (χ0) is 33.0. The van der Waals surface area contributed by atoms with Crippen LogP contribution in [-0.2, 0) is 0 Å². The summed E-state index contributed by atoms with van der Waals surface area (Å²) in [5.74, 6) is 0.657. The van der Waals surface area contributed by atoms with Gasteiger partial charge in [-0.1, -0.05) is 121 Å². The first-order valence-corrected chi connectivity index (χ1v) is 16.7. The number of pyridine rings is 3. The third-order valence-corrected chi connectivity index (χ3v) is 9.48. The van der Waals surface area contributed by atoms with Crippen LogP contribution in [0.25, 0.3) is 99.5 Å². The molecular weight excluding hydrogens is 611 g/mol. The van der Waals surface area contributed by atoms with E-state index in [-0.39, 0.29) is 0 Å². The van der Waals surface area contributed by atoms with E-state index in [1.54, 1.807) is 0 Å². The monoisotopic (exact) mass is 637 g/mol. The minimum atomic E-state index is 0.657. The van der Waals surface area contributed by atoms with Gasteiger partial charge in [0, 0.05) is 50.0 Å². The summed E-state index contributed by atoms with van der Waals surface area (Å²) in [7, 11) is 0. The zero-order valence-corrected chi connectivity index (χ0v) is 26.8. The summed E-state index contributed by atoms with van der Waals surface area (Å²) in [4.78, 5) is 25.7. The number of hydrogen-bond donors (Lipinski definition) is 0. The molecule has 0 fully saturated rings. The first-order valence-electron chi connectivity index (χ1n) is 16.7. The van der Waals surface area contributed by atoms with E-state index in [0.717, 1.165) is 93.7 Å². The summed E-state index contributed by atoms with van der Waals surface area (Å²) in [5.41, 5.74) is 10.2. The molecule has 0 spiro atoms. The van der Waals surface area contributed by atoms with Crippen molar-refractivity contribution in [2.24, 2.45) is 0 Å². The average Bonchev–Trinajstić information content (AvgIpc) is 3.19.